The average Bonchev–Trinajstić information content (AvgIpc) is 3.49. The zero-order valence-electron chi connectivity index (χ0n) is 16.4. The van der Waals surface area contributed by atoms with Crippen LogP contribution >= 0.6 is 23.4 Å². The number of nitrogens with one attached hydrogen (secondary N) is 1. The quantitative estimate of drug-likeness (QED) is 0.448. The first-order valence-corrected chi connectivity index (χ1v) is 10.8. The van der Waals surface area contributed by atoms with E-state index in [1.165, 1.54) is 17.8 Å². The Morgan fingerprint density at radius 1 is 1.19 bits per heavy atom. The van der Waals surface area contributed by atoms with Crippen molar-refractivity contribution in [3.05, 3.63) is 70.5 Å². The van der Waals surface area contributed by atoms with Gasteiger partial charge in [0.2, 0.25) is 5.91 Å². The monoisotopic (exact) mass is 466 g/mol. The molecule has 3 aromatic rings. The summed E-state index contributed by atoms with van der Waals surface area (Å²) in [6, 6.07) is 12.4. The summed E-state index contributed by atoms with van der Waals surface area (Å²) in [5.74, 6) is 0.154. The molecule has 1 aliphatic carbocycles. The van der Waals surface area contributed by atoms with Crippen LogP contribution in [0, 0.1) is 6.92 Å². The van der Waals surface area contributed by atoms with E-state index in [2.05, 4.69) is 15.5 Å². The molecule has 1 saturated carbocycles. The van der Waals surface area contributed by atoms with Gasteiger partial charge in [0.05, 0.1) is 11.3 Å². The minimum Gasteiger partial charge on any atom is -0.324 e. The summed E-state index contributed by atoms with van der Waals surface area (Å²) in [5, 5.41) is 10.4. The van der Waals surface area contributed by atoms with Crippen molar-refractivity contribution in [1.29, 1.82) is 0 Å². The SMILES string of the molecule is Cc1nnc(S[C@@H](C(=O)Nc2ccc(Cl)cc2C(F)(F)F)c2ccccc2)n1C1CC1. The number of aromatic nitrogens is 3. The molecule has 2 aromatic carbocycles. The van der Waals surface area contributed by atoms with Gasteiger partial charge in [-0.1, -0.05) is 53.7 Å². The lowest BCUT2D eigenvalue weighted by molar-refractivity contribution is -0.137. The van der Waals surface area contributed by atoms with Crippen molar-refractivity contribution in [2.24, 2.45) is 0 Å². The van der Waals surface area contributed by atoms with E-state index in [9.17, 15) is 18.0 Å². The Morgan fingerprint density at radius 3 is 2.55 bits per heavy atom. The second kappa shape index (κ2) is 8.55. The molecule has 1 N–H and O–H groups in total. The van der Waals surface area contributed by atoms with Crippen molar-refractivity contribution in [2.75, 3.05) is 5.32 Å². The summed E-state index contributed by atoms with van der Waals surface area (Å²) in [6.07, 6.45) is -2.64. The van der Waals surface area contributed by atoms with Crippen LogP contribution in [0.2, 0.25) is 5.02 Å². The molecule has 1 aromatic heterocycles. The van der Waals surface area contributed by atoms with E-state index in [4.69, 9.17) is 11.6 Å². The molecule has 0 spiro atoms. The second-order valence-corrected chi connectivity index (χ2v) is 8.73. The van der Waals surface area contributed by atoms with Crippen LogP contribution in [0.15, 0.2) is 53.7 Å². The lowest BCUT2D eigenvalue weighted by Crippen LogP contribution is -2.22. The van der Waals surface area contributed by atoms with E-state index in [1.54, 1.807) is 30.3 Å². The number of carbonyl (C=O) groups excluding carboxylic acids is 1. The van der Waals surface area contributed by atoms with Crippen molar-refractivity contribution in [2.45, 2.75) is 42.4 Å². The summed E-state index contributed by atoms with van der Waals surface area (Å²) in [7, 11) is 0. The number of amides is 1. The fourth-order valence-corrected chi connectivity index (χ4v) is 4.57. The van der Waals surface area contributed by atoms with E-state index in [1.807, 2.05) is 11.5 Å². The largest absolute Gasteiger partial charge is 0.418 e. The van der Waals surface area contributed by atoms with Gasteiger partial charge in [0, 0.05) is 11.1 Å². The fourth-order valence-electron chi connectivity index (χ4n) is 3.25. The molecular formula is C21H18ClF3N4OS. The summed E-state index contributed by atoms with van der Waals surface area (Å²) >= 11 is 6.92. The molecule has 162 valence electrons. The molecule has 0 radical (unpaired) electrons. The van der Waals surface area contributed by atoms with Crippen LogP contribution in [0.3, 0.4) is 0 Å². The van der Waals surface area contributed by atoms with Crippen molar-refractivity contribution < 1.29 is 18.0 Å². The molecule has 0 unspecified atom stereocenters. The third kappa shape index (κ3) is 4.88. The summed E-state index contributed by atoms with van der Waals surface area (Å²) in [4.78, 5) is 13.2. The van der Waals surface area contributed by atoms with E-state index >= 15 is 0 Å². The van der Waals surface area contributed by atoms with E-state index in [-0.39, 0.29) is 10.7 Å². The highest BCUT2D eigenvalue weighted by Crippen LogP contribution is 2.43. The lowest BCUT2D eigenvalue weighted by atomic mass is 10.1. The van der Waals surface area contributed by atoms with Gasteiger partial charge in [-0.25, -0.2) is 0 Å². The first-order valence-electron chi connectivity index (χ1n) is 9.55. The predicted octanol–water partition coefficient (Wildman–Crippen LogP) is 6.07. The molecule has 0 aliphatic heterocycles. The molecule has 31 heavy (non-hydrogen) atoms. The number of thioether (sulfide) groups is 1. The van der Waals surface area contributed by atoms with Gasteiger partial charge in [0.1, 0.15) is 11.1 Å². The lowest BCUT2D eigenvalue weighted by Gasteiger charge is -2.19. The maximum absolute atomic E-state index is 13.5. The number of nitrogens with zero attached hydrogens (tertiary/aromatic N) is 3. The normalized spacial score (nSPS) is 15.0. The Balaban J connectivity index is 1.67. The van der Waals surface area contributed by atoms with Gasteiger partial charge in [0.15, 0.2) is 5.16 Å². The van der Waals surface area contributed by atoms with Crippen molar-refractivity contribution in [1.82, 2.24) is 14.8 Å². The minimum atomic E-state index is -4.66. The van der Waals surface area contributed by atoms with Crippen LogP contribution in [0.5, 0.6) is 0 Å². The third-order valence-corrected chi connectivity index (χ3v) is 6.30. The van der Waals surface area contributed by atoms with Crippen LogP contribution in [0.1, 0.15) is 41.1 Å². The van der Waals surface area contributed by atoms with Gasteiger partial charge in [-0.3, -0.25) is 4.79 Å². The highest BCUT2D eigenvalue weighted by molar-refractivity contribution is 8.00. The predicted molar refractivity (Wildman–Crippen MR) is 113 cm³/mol. The molecule has 1 atom stereocenters. The maximum Gasteiger partial charge on any atom is 0.418 e. The van der Waals surface area contributed by atoms with Crippen molar-refractivity contribution >= 4 is 35.0 Å². The zero-order chi connectivity index (χ0) is 22.2. The van der Waals surface area contributed by atoms with Gasteiger partial charge in [0.25, 0.3) is 0 Å². The Bertz CT molecular complexity index is 1100. The van der Waals surface area contributed by atoms with Crippen LogP contribution in [0.4, 0.5) is 18.9 Å². The molecule has 0 bridgehead atoms. The van der Waals surface area contributed by atoms with E-state index < -0.39 is 22.9 Å². The third-order valence-electron chi connectivity index (χ3n) is 4.86. The number of hydrogen-bond donors (Lipinski definition) is 1. The van der Waals surface area contributed by atoms with Crippen LogP contribution in [-0.4, -0.2) is 20.7 Å². The van der Waals surface area contributed by atoms with Gasteiger partial charge >= 0.3 is 6.18 Å². The molecule has 1 heterocycles. The Kier molecular flexibility index (Phi) is 5.98. The van der Waals surface area contributed by atoms with Crippen LogP contribution in [-0.2, 0) is 11.0 Å². The number of carbonyl (C=O) groups is 1. The molecule has 10 heteroatoms. The van der Waals surface area contributed by atoms with Gasteiger partial charge in [-0.05, 0) is 43.5 Å². The van der Waals surface area contributed by atoms with Gasteiger partial charge in [-0.2, -0.15) is 13.2 Å². The van der Waals surface area contributed by atoms with Crippen LogP contribution < -0.4 is 5.32 Å². The highest BCUT2D eigenvalue weighted by Gasteiger charge is 2.36. The highest BCUT2D eigenvalue weighted by atomic mass is 35.5. The van der Waals surface area contributed by atoms with Gasteiger partial charge < -0.3 is 9.88 Å². The molecule has 0 saturated heterocycles. The maximum atomic E-state index is 13.5. The number of anilines is 1. The topological polar surface area (TPSA) is 59.8 Å². The second-order valence-electron chi connectivity index (χ2n) is 7.22. The number of aryl methyl sites for hydroxylation is 1. The van der Waals surface area contributed by atoms with Crippen LogP contribution in [0.25, 0.3) is 0 Å². The molecule has 1 aliphatic rings. The number of benzene rings is 2. The molecule has 1 fully saturated rings. The molecular weight excluding hydrogens is 449 g/mol. The summed E-state index contributed by atoms with van der Waals surface area (Å²) < 4.78 is 42.4. The smallest absolute Gasteiger partial charge is 0.324 e. The first-order chi connectivity index (χ1) is 14.7. The zero-order valence-corrected chi connectivity index (χ0v) is 17.9. The number of hydrogen-bond acceptors (Lipinski definition) is 4. The average molecular weight is 467 g/mol. The Hall–Kier alpha value is -2.52. The fraction of sp³-hybridized carbons (Fsp3) is 0.286. The van der Waals surface area contributed by atoms with Crippen molar-refractivity contribution in [3.63, 3.8) is 0 Å². The number of rotatable bonds is 6. The minimum absolute atomic E-state index is 0.0627. The van der Waals surface area contributed by atoms with E-state index in [0.717, 1.165) is 30.8 Å². The Morgan fingerprint density at radius 2 is 1.90 bits per heavy atom. The molecule has 5 nitrogen and oxygen atoms in total. The molecule has 1 amide bonds. The summed E-state index contributed by atoms with van der Waals surface area (Å²) in [6.45, 7) is 1.84. The number of halogens is 4. The first kappa shape index (κ1) is 21.7. The standard InChI is InChI=1S/C21H18ClF3N4OS/c1-12-27-28-20(29(12)15-8-9-15)31-18(13-5-3-2-4-6-13)19(30)26-17-10-7-14(22)11-16(17)21(23,24)25/h2-7,10-11,15,18H,8-9H2,1H3,(H,26,30)/t18-/m1/s1. The van der Waals surface area contributed by atoms with E-state index in [0.29, 0.717) is 16.8 Å². The molecule has 4 rings (SSSR count). The summed E-state index contributed by atoms with van der Waals surface area (Å²) in [5.41, 5.74) is -0.694. The van der Waals surface area contributed by atoms with Gasteiger partial charge in [-0.15, -0.1) is 10.2 Å². The Labute approximate surface area is 186 Å². The van der Waals surface area contributed by atoms with Crippen molar-refractivity contribution in [3.8, 4) is 0 Å². The number of alkyl halides is 3.